The fraction of sp³-hybridized carbons (Fsp3) is 0. The molecule has 26 heavy (non-hydrogen) atoms. The Morgan fingerprint density at radius 1 is 0.923 bits per heavy atom. The van der Waals surface area contributed by atoms with Gasteiger partial charge < -0.3 is 0 Å². The number of tetrazole rings is 1. The Kier molecular flexibility index (Phi) is 3.46. The Balaban J connectivity index is 1.62. The molecule has 1 aromatic carbocycles. The molecule has 0 spiro atoms. The molecule has 0 aliphatic rings. The summed E-state index contributed by atoms with van der Waals surface area (Å²) in [5, 5.41) is 13.6. The van der Waals surface area contributed by atoms with Crippen molar-refractivity contribution in [3.8, 4) is 27.6 Å². The van der Waals surface area contributed by atoms with Crippen LogP contribution < -0.4 is 0 Å². The maximum Gasteiger partial charge on any atom is 0.206 e. The van der Waals surface area contributed by atoms with E-state index in [9.17, 15) is 0 Å². The smallest absolute Gasteiger partial charge is 0.206 e. The summed E-state index contributed by atoms with van der Waals surface area (Å²) in [7, 11) is 0. The monoisotopic (exact) mass is 357 g/mol. The first-order valence-electron chi connectivity index (χ1n) is 7.89. The van der Waals surface area contributed by atoms with Gasteiger partial charge in [0.1, 0.15) is 11.2 Å². The molecule has 8 heteroatoms. The van der Waals surface area contributed by atoms with Crippen LogP contribution in [0.3, 0.4) is 0 Å². The van der Waals surface area contributed by atoms with Crippen LogP contribution in [0.5, 0.6) is 0 Å². The molecule has 0 fully saturated rings. The van der Waals surface area contributed by atoms with Crippen LogP contribution >= 0.6 is 11.3 Å². The van der Waals surface area contributed by atoms with Crippen LogP contribution in [0.25, 0.3) is 37.9 Å². The summed E-state index contributed by atoms with van der Waals surface area (Å²) in [6, 6.07) is 16.0. The second-order valence-corrected chi connectivity index (χ2v) is 6.57. The maximum atomic E-state index is 4.45. The summed E-state index contributed by atoms with van der Waals surface area (Å²) >= 11 is 1.61. The quantitative estimate of drug-likeness (QED) is 0.492. The highest BCUT2D eigenvalue weighted by Crippen LogP contribution is 2.34. The molecular weight excluding hydrogens is 346 g/mol. The third-order valence-corrected chi connectivity index (χ3v) is 4.98. The van der Waals surface area contributed by atoms with Crippen molar-refractivity contribution < 1.29 is 0 Å². The molecule has 7 nitrogen and oxygen atoms in total. The summed E-state index contributed by atoms with van der Waals surface area (Å²) in [6.45, 7) is 0. The SMILES string of the molecule is c1ccc(-c2cc3c(-n4nnc(-c5cccnc5)n4)ncnc3s2)cc1. The minimum absolute atomic E-state index is 0.503. The number of rotatable bonds is 3. The van der Waals surface area contributed by atoms with Crippen molar-refractivity contribution >= 4 is 21.6 Å². The van der Waals surface area contributed by atoms with Crippen LogP contribution in [-0.4, -0.2) is 35.2 Å². The maximum absolute atomic E-state index is 4.45. The van der Waals surface area contributed by atoms with E-state index in [1.165, 1.54) is 11.1 Å². The second-order valence-electron chi connectivity index (χ2n) is 5.54. The largest absolute Gasteiger partial charge is 0.264 e. The lowest BCUT2D eigenvalue weighted by Gasteiger charge is -1.98. The predicted molar refractivity (Wildman–Crippen MR) is 98.8 cm³/mol. The summed E-state index contributed by atoms with van der Waals surface area (Å²) in [5.41, 5.74) is 1.95. The Hall–Kier alpha value is -3.52. The topological polar surface area (TPSA) is 82.3 Å². The minimum atomic E-state index is 0.503. The van der Waals surface area contributed by atoms with Gasteiger partial charge in [-0.05, 0) is 29.0 Å². The molecule has 0 aliphatic carbocycles. The van der Waals surface area contributed by atoms with E-state index in [0.29, 0.717) is 11.6 Å². The van der Waals surface area contributed by atoms with Gasteiger partial charge in [0.25, 0.3) is 0 Å². The van der Waals surface area contributed by atoms with E-state index < -0.39 is 0 Å². The van der Waals surface area contributed by atoms with E-state index in [4.69, 9.17) is 0 Å². The van der Waals surface area contributed by atoms with Crippen molar-refractivity contribution in [2.45, 2.75) is 0 Å². The Morgan fingerprint density at radius 2 is 1.81 bits per heavy atom. The van der Waals surface area contributed by atoms with Crippen molar-refractivity contribution in [1.29, 1.82) is 0 Å². The zero-order valence-electron chi connectivity index (χ0n) is 13.4. The zero-order chi connectivity index (χ0) is 17.3. The molecule has 0 amide bonds. The lowest BCUT2D eigenvalue weighted by Crippen LogP contribution is -2.02. The third kappa shape index (κ3) is 2.52. The molecular formula is C18H11N7S. The van der Waals surface area contributed by atoms with Gasteiger partial charge in [-0.15, -0.1) is 26.3 Å². The number of nitrogens with zero attached hydrogens (tertiary/aromatic N) is 7. The first-order valence-corrected chi connectivity index (χ1v) is 8.71. The number of pyridine rings is 1. The Labute approximate surface area is 152 Å². The lowest BCUT2D eigenvalue weighted by molar-refractivity contribution is 0.705. The standard InChI is InChI=1S/C18H11N7S/c1-2-5-12(6-3-1)15-9-14-17(20-11-21-18(14)26-15)25-23-16(22-24-25)13-7-4-8-19-10-13/h1-11H. The predicted octanol–water partition coefficient (Wildman–Crippen LogP) is 3.40. The summed E-state index contributed by atoms with van der Waals surface area (Å²) in [4.78, 5) is 16.3. The van der Waals surface area contributed by atoms with Gasteiger partial charge in [-0.25, -0.2) is 9.97 Å². The van der Waals surface area contributed by atoms with Crippen molar-refractivity contribution in [3.63, 3.8) is 0 Å². The van der Waals surface area contributed by atoms with Gasteiger partial charge in [0.2, 0.25) is 5.82 Å². The lowest BCUT2D eigenvalue weighted by atomic mass is 10.2. The molecule has 5 aromatic rings. The van der Waals surface area contributed by atoms with Crippen LogP contribution in [0, 0.1) is 0 Å². The van der Waals surface area contributed by atoms with Crippen LogP contribution in [0.2, 0.25) is 0 Å². The minimum Gasteiger partial charge on any atom is -0.264 e. The van der Waals surface area contributed by atoms with Gasteiger partial charge in [0, 0.05) is 22.8 Å². The number of benzene rings is 1. The van der Waals surface area contributed by atoms with Gasteiger partial charge in [-0.3, -0.25) is 4.98 Å². The van der Waals surface area contributed by atoms with Crippen LogP contribution in [0.1, 0.15) is 0 Å². The normalized spacial score (nSPS) is 11.1. The Morgan fingerprint density at radius 3 is 2.65 bits per heavy atom. The van der Waals surface area contributed by atoms with Crippen molar-refractivity contribution in [2.24, 2.45) is 0 Å². The van der Waals surface area contributed by atoms with Gasteiger partial charge in [-0.2, -0.15) is 0 Å². The highest BCUT2D eigenvalue weighted by Gasteiger charge is 2.14. The highest BCUT2D eigenvalue weighted by molar-refractivity contribution is 7.21. The average molecular weight is 357 g/mol. The van der Waals surface area contributed by atoms with Crippen molar-refractivity contribution in [3.05, 3.63) is 67.3 Å². The number of thiophene rings is 1. The van der Waals surface area contributed by atoms with E-state index in [1.54, 1.807) is 23.7 Å². The first kappa shape index (κ1) is 14.8. The Bertz CT molecular complexity index is 1180. The van der Waals surface area contributed by atoms with E-state index in [2.05, 4.69) is 48.6 Å². The van der Waals surface area contributed by atoms with Gasteiger partial charge in [0.15, 0.2) is 5.82 Å². The van der Waals surface area contributed by atoms with E-state index in [1.807, 2.05) is 30.3 Å². The molecule has 0 bridgehead atoms. The fourth-order valence-electron chi connectivity index (χ4n) is 2.66. The molecule has 4 aromatic heterocycles. The van der Waals surface area contributed by atoms with E-state index in [-0.39, 0.29) is 0 Å². The number of hydrogen-bond acceptors (Lipinski definition) is 7. The van der Waals surface area contributed by atoms with Gasteiger partial charge in [0.05, 0.1) is 5.39 Å². The molecule has 0 unspecified atom stereocenters. The molecule has 0 N–H and O–H groups in total. The average Bonchev–Trinajstić information content (AvgIpc) is 3.36. The van der Waals surface area contributed by atoms with Gasteiger partial charge in [-0.1, -0.05) is 30.3 Å². The first-order chi connectivity index (χ1) is 12.9. The molecule has 0 radical (unpaired) electrons. The second kappa shape index (κ2) is 6.08. The zero-order valence-corrected chi connectivity index (χ0v) is 14.2. The molecule has 4 heterocycles. The molecule has 0 atom stereocenters. The molecule has 0 saturated heterocycles. The van der Waals surface area contributed by atoms with Crippen LogP contribution in [-0.2, 0) is 0 Å². The molecule has 0 aliphatic heterocycles. The summed E-state index contributed by atoms with van der Waals surface area (Å²) in [5.74, 6) is 1.11. The summed E-state index contributed by atoms with van der Waals surface area (Å²) < 4.78 is 0. The van der Waals surface area contributed by atoms with E-state index >= 15 is 0 Å². The van der Waals surface area contributed by atoms with Gasteiger partial charge >= 0.3 is 0 Å². The van der Waals surface area contributed by atoms with Crippen LogP contribution in [0.4, 0.5) is 0 Å². The van der Waals surface area contributed by atoms with Crippen molar-refractivity contribution in [1.82, 2.24) is 35.2 Å². The number of hydrogen-bond donors (Lipinski definition) is 0. The van der Waals surface area contributed by atoms with Crippen LogP contribution in [0.15, 0.2) is 67.3 Å². The number of fused-ring (bicyclic) bond motifs is 1. The van der Waals surface area contributed by atoms with Crippen molar-refractivity contribution in [2.75, 3.05) is 0 Å². The highest BCUT2D eigenvalue weighted by atomic mass is 32.1. The number of aromatic nitrogens is 7. The third-order valence-electron chi connectivity index (χ3n) is 3.89. The summed E-state index contributed by atoms with van der Waals surface area (Å²) in [6.07, 6.45) is 4.93. The van der Waals surface area contributed by atoms with E-state index in [0.717, 1.165) is 26.2 Å². The molecule has 0 saturated carbocycles. The molecule has 5 rings (SSSR count). The molecule has 124 valence electrons. The fourth-order valence-corrected chi connectivity index (χ4v) is 3.66.